The van der Waals surface area contributed by atoms with Crippen LogP contribution in [-0.2, 0) is 6.54 Å². The second-order valence-corrected chi connectivity index (χ2v) is 7.46. The van der Waals surface area contributed by atoms with E-state index in [1.54, 1.807) is 24.3 Å². The number of hydrogen-bond acceptors (Lipinski definition) is 4. The van der Waals surface area contributed by atoms with Gasteiger partial charge < -0.3 is 5.32 Å². The molecule has 1 aliphatic rings. The molecule has 2 aromatic carbocycles. The number of likely N-dealkylation sites (tertiary alicyclic amines) is 1. The standard InChI is InChI=1S/C23H22F2N4O/c24-19-6-4-16(5-7-19)15-29-10-8-21(9-11-29)28-23(30)18-13-26-22(27-14-18)17-2-1-3-20(25)12-17/h1-7,12-14,21H,8-11,15H2,(H,28,30). The Morgan fingerprint density at radius 3 is 2.37 bits per heavy atom. The van der Waals surface area contributed by atoms with Crippen molar-refractivity contribution in [3.05, 3.63) is 83.7 Å². The zero-order chi connectivity index (χ0) is 20.9. The summed E-state index contributed by atoms with van der Waals surface area (Å²) in [6, 6.07) is 12.7. The minimum Gasteiger partial charge on any atom is -0.349 e. The third kappa shape index (κ3) is 5.04. The zero-order valence-corrected chi connectivity index (χ0v) is 16.4. The molecule has 0 radical (unpaired) electrons. The first-order valence-corrected chi connectivity index (χ1v) is 9.92. The fourth-order valence-corrected chi connectivity index (χ4v) is 3.57. The Kier molecular flexibility index (Phi) is 6.09. The van der Waals surface area contributed by atoms with Gasteiger partial charge in [-0.1, -0.05) is 24.3 Å². The first-order chi connectivity index (χ1) is 14.6. The minimum atomic E-state index is -0.358. The lowest BCUT2D eigenvalue weighted by atomic mass is 10.0. The summed E-state index contributed by atoms with van der Waals surface area (Å²) in [4.78, 5) is 23.2. The van der Waals surface area contributed by atoms with Crippen LogP contribution in [0.25, 0.3) is 11.4 Å². The molecule has 1 aliphatic heterocycles. The number of rotatable bonds is 5. The Morgan fingerprint density at radius 1 is 1.00 bits per heavy atom. The summed E-state index contributed by atoms with van der Waals surface area (Å²) in [7, 11) is 0. The molecule has 154 valence electrons. The van der Waals surface area contributed by atoms with Gasteiger partial charge in [-0.3, -0.25) is 9.69 Å². The Bertz CT molecular complexity index is 1000. The number of hydrogen-bond donors (Lipinski definition) is 1. The molecule has 1 N–H and O–H groups in total. The molecule has 0 aliphatic carbocycles. The molecule has 1 fully saturated rings. The smallest absolute Gasteiger partial charge is 0.254 e. The van der Waals surface area contributed by atoms with E-state index >= 15 is 0 Å². The van der Waals surface area contributed by atoms with Crippen LogP contribution in [0.5, 0.6) is 0 Å². The first-order valence-electron chi connectivity index (χ1n) is 9.92. The summed E-state index contributed by atoms with van der Waals surface area (Å²) in [5, 5.41) is 3.04. The van der Waals surface area contributed by atoms with Crippen molar-refractivity contribution < 1.29 is 13.6 Å². The quantitative estimate of drug-likeness (QED) is 0.697. The lowest BCUT2D eigenvalue weighted by molar-refractivity contribution is 0.0908. The average molecular weight is 408 g/mol. The van der Waals surface area contributed by atoms with E-state index in [-0.39, 0.29) is 23.6 Å². The van der Waals surface area contributed by atoms with E-state index in [1.807, 2.05) is 0 Å². The molecule has 2 heterocycles. The topological polar surface area (TPSA) is 58.1 Å². The van der Waals surface area contributed by atoms with E-state index in [0.717, 1.165) is 38.0 Å². The molecular formula is C23H22F2N4O. The van der Waals surface area contributed by atoms with Gasteiger partial charge in [0.05, 0.1) is 5.56 Å². The highest BCUT2D eigenvalue weighted by Crippen LogP contribution is 2.17. The van der Waals surface area contributed by atoms with E-state index in [1.165, 1.54) is 36.7 Å². The normalized spacial score (nSPS) is 15.1. The monoisotopic (exact) mass is 408 g/mol. The number of halogens is 2. The fraction of sp³-hybridized carbons (Fsp3) is 0.261. The van der Waals surface area contributed by atoms with Crippen LogP contribution in [-0.4, -0.2) is 39.9 Å². The molecule has 0 unspecified atom stereocenters. The summed E-state index contributed by atoms with van der Waals surface area (Å²) in [5.74, 6) is -0.422. The number of nitrogens with zero attached hydrogens (tertiary/aromatic N) is 3. The summed E-state index contributed by atoms with van der Waals surface area (Å²) < 4.78 is 26.4. The van der Waals surface area contributed by atoms with Crippen molar-refractivity contribution in [3.63, 3.8) is 0 Å². The Balaban J connectivity index is 1.29. The summed E-state index contributed by atoms with van der Waals surface area (Å²) >= 11 is 0. The van der Waals surface area contributed by atoms with Crippen molar-refractivity contribution in [3.8, 4) is 11.4 Å². The number of benzene rings is 2. The van der Waals surface area contributed by atoms with Gasteiger partial charge >= 0.3 is 0 Å². The van der Waals surface area contributed by atoms with Gasteiger partial charge in [0.1, 0.15) is 11.6 Å². The average Bonchev–Trinajstić information content (AvgIpc) is 2.77. The van der Waals surface area contributed by atoms with Crippen LogP contribution in [0.15, 0.2) is 60.9 Å². The lowest BCUT2D eigenvalue weighted by Crippen LogP contribution is -2.44. The van der Waals surface area contributed by atoms with Crippen molar-refractivity contribution in [1.29, 1.82) is 0 Å². The van der Waals surface area contributed by atoms with Crippen LogP contribution in [0.3, 0.4) is 0 Å². The van der Waals surface area contributed by atoms with E-state index in [4.69, 9.17) is 0 Å². The van der Waals surface area contributed by atoms with Crippen LogP contribution in [0, 0.1) is 11.6 Å². The largest absolute Gasteiger partial charge is 0.349 e. The Labute approximate surface area is 173 Å². The predicted molar refractivity (Wildman–Crippen MR) is 110 cm³/mol. The van der Waals surface area contributed by atoms with Gasteiger partial charge in [0, 0.05) is 43.6 Å². The number of piperidine rings is 1. The van der Waals surface area contributed by atoms with E-state index in [9.17, 15) is 13.6 Å². The predicted octanol–water partition coefficient (Wildman–Crippen LogP) is 3.82. The Hall–Kier alpha value is -3.19. The number of amides is 1. The first kappa shape index (κ1) is 20.1. The molecule has 4 rings (SSSR count). The van der Waals surface area contributed by atoms with Crippen molar-refractivity contribution >= 4 is 5.91 Å². The summed E-state index contributed by atoms with van der Waals surface area (Å²) in [5.41, 5.74) is 2.02. The molecule has 1 aromatic heterocycles. The number of carbonyl (C=O) groups excluding carboxylic acids is 1. The van der Waals surface area contributed by atoms with Gasteiger partial charge in [0.15, 0.2) is 5.82 Å². The second kappa shape index (κ2) is 9.09. The zero-order valence-electron chi connectivity index (χ0n) is 16.4. The van der Waals surface area contributed by atoms with E-state index < -0.39 is 0 Å². The van der Waals surface area contributed by atoms with Crippen LogP contribution < -0.4 is 5.32 Å². The molecule has 30 heavy (non-hydrogen) atoms. The van der Waals surface area contributed by atoms with Gasteiger partial charge in [-0.2, -0.15) is 0 Å². The molecule has 0 saturated carbocycles. The van der Waals surface area contributed by atoms with Gasteiger partial charge in [-0.15, -0.1) is 0 Å². The highest BCUT2D eigenvalue weighted by atomic mass is 19.1. The second-order valence-electron chi connectivity index (χ2n) is 7.46. The van der Waals surface area contributed by atoms with Gasteiger partial charge in [0.2, 0.25) is 0 Å². The van der Waals surface area contributed by atoms with E-state index in [0.29, 0.717) is 17.0 Å². The van der Waals surface area contributed by atoms with Gasteiger partial charge in [0.25, 0.3) is 5.91 Å². The highest BCUT2D eigenvalue weighted by Gasteiger charge is 2.21. The van der Waals surface area contributed by atoms with Crippen molar-refractivity contribution in [1.82, 2.24) is 20.2 Å². The molecule has 0 spiro atoms. The van der Waals surface area contributed by atoms with Crippen molar-refractivity contribution in [2.75, 3.05) is 13.1 Å². The molecule has 0 bridgehead atoms. The number of aromatic nitrogens is 2. The summed E-state index contributed by atoms with van der Waals surface area (Å²) in [6.07, 6.45) is 4.61. The third-order valence-corrected chi connectivity index (χ3v) is 5.24. The van der Waals surface area contributed by atoms with E-state index in [2.05, 4.69) is 20.2 Å². The number of carbonyl (C=O) groups is 1. The van der Waals surface area contributed by atoms with Crippen molar-refractivity contribution in [2.45, 2.75) is 25.4 Å². The molecule has 5 nitrogen and oxygen atoms in total. The van der Waals surface area contributed by atoms with Gasteiger partial charge in [-0.25, -0.2) is 18.7 Å². The fourth-order valence-electron chi connectivity index (χ4n) is 3.57. The van der Waals surface area contributed by atoms with Crippen LogP contribution in [0.2, 0.25) is 0 Å². The number of nitrogens with one attached hydrogen (secondary N) is 1. The maximum Gasteiger partial charge on any atom is 0.254 e. The molecule has 0 atom stereocenters. The molecule has 1 amide bonds. The third-order valence-electron chi connectivity index (χ3n) is 5.24. The molecular weight excluding hydrogens is 386 g/mol. The molecule has 7 heteroatoms. The van der Waals surface area contributed by atoms with Crippen molar-refractivity contribution in [2.24, 2.45) is 0 Å². The maximum absolute atomic E-state index is 13.3. The van der Waals surface area contributed by atoms with Crippen LogP contribution >= 0.6 is 0 Å². The van der Waals surface area contributed by atoms with Crippen LogP contribution in [0.1, 0.15) is 28.8 Å². The SMILES string of the molecule is O=C(NC1CCN(Cc2ccc(F)cc2)CC1)c1cnc(-c2cccc(F)c2)nc1. The molecule has 3 aromatic rings. The van der Waals surface area contributed by atoms with Gasteiger partial charge in [-0.05, 0) is 42.7 Å². The minimum absolute atomic E-state index is 0.0878. The summed E-state index contributed by atoms with van der Waals surface area (Å²) in [6.45, 7) is 2.49. The van der Waals surface area contributed by atoms with Crippen LogP contribution in [0.4, 0.5) is 8.78 Å². The highest BCUT2D eigenvalue weighted by molar-refractivity contribution is 5.93. The maximum atomic E-state index is 13.3. The lowest BCUT2D eigenvalue weighted by Gasteiger charge is -2.32. The molecule has 1 saturated heterocycles. The Morgan fingerprint density at radius 2 is 1.70 bits per heavy atom.